The minimum atomic E-state index is -3.79. The number of benzene rings is 1. The second kappa shape index (κ2) is 12.1. The Bertz CT molecular complexity index is 420. The molecule has 0 saturated carbocycles. The zero-order valence-electron chi connectivity index (χ0n) is 11.5. The van der Waals surface area contributed by atoms with Gasteiger partial charge in [0.05, 0.1) is 6.61 Å². The third kappa shape index (κ3) is 11.8. The van der Waals surface area contributed by atoms with Gasteiger partial charge in [-0.2, -0.15) is 8.42 Å². The first-order valence-electron chi connectivity index (χ1n) is 5.60. The van der Waals surface area contributed by atoms with Crippen LogP contribution in [0.4, 0.5) is 0 Å². The average molecular weight is 293 g/mol. The number of hydrogen-bond donors (Lipinski definition) is 3. The number of hydrogen-bond acceptors (Lipinski definition) is 5. The van der Waals surface area contributed by atoms with Gasteiger partial charge in [0.2, 0.25) is 0 Å². The molecule has 0 atom stereocenters. The lowest BCUT2D eigenvalue weighted by atomic mass is 10.0. The van der Waals surface area contributed by atoms with Gasteiger partial charge in [-0.15, -0.1) is 0 Å². The molecule has 1 aromatic rings. The van der Waals surface area contributed by atoms with Gasteiger partial charge in [0.1, 0.15) is 0 Å². The Morgan fingerprint density at radius 2 is 1.68 bits per heavy atom. The summed E-state index contributed by atoms with van der Waals surface area (Å²) in [6, 6.07) is 7.98. The van der Waals surface area contributed by atoms with Gasteiger partial charge < -0.3 is 10.2 Å². The molecule has 0 aliphatic carbocycles. The Labute approximate surface area is 115 Å². The highest BCUT2D eigenvalue weighted by atomic mass is 32.2. The molecule has 0 aliphatic heterocycles. The normalized spacial score (nSPS) is 9.79. The van der Waals surface area contributed by atoms with Crippen molar-refractivity contribution in [3.05, 3.63) is 35.4 Å². The molecular weight excluding hydrogens is 270 g/mol. The first-order chi connectivity index (χ1) is 8.99. The highest BCUT2D eigenvalue weighted by molar-refractivity contribution is 7.84. The van der Waals surface area contributed by atoms with Gasteiger partial charge in [-0.05, 0) is 30.9 Å². The third-order valence-corrected chi connectivity index (χ3v) is 2.59. The molecule has 0 saturated heterocycles. The first-order valence-corrected chi connectivity index (χ1v) is 7.07. The maximum absolute atomic E-state index is 10.5. The molecule has 0 aliphatic rings. The molecule has 0 radical (unpaired) electrons. The van der Waals surface area contributed by atoms with Crippen molar-refractivity contribution >= 4 is 10.3 Å². The number of aryl methyl sites for hydroxylation is 2. The number of nitrogens with two attached hydrogens (primary N) is 1. The van der Waals surface area contributed by atoms with Crippen molar-refractivity contribution in [3.8, 4) is 0 Å². The van der Waals surface area contributed by atoms with Crippen LogP contribution in [0.15, 0.2) is 24.3 Å². The van der Waals surface area contributed by atoms with Crippen LogP contribution < -0.4 is 5.14 Å². The van der Waals surface area contributed by atoms with Crippen LogP contribution in [0.1, 0.15) is 17.5 Å². The van der Waals surface area contributed by atoms with E-state index in [1.165, 1.54) is 11.1 Å². The van der Waals surface area contributed by atoms with Gasteiger partial charge in [-0.1, -0.05) is 24.3 Å². The van der Waals surface area contributed by atoms with Crippen molar-refractivity contribution in [2.45, 2.75) is 19.8 Å². The molecule has 112 valence electrons. The summed E-state index contributed by atoms with van der Waals surface area (Å²) in [4.78, 5) is 0. The van der Waals surface area contributed by atoms with Crippen LogP contribution in [0.25, 0.3) is 0 Å². The van der Waals surface area contributed by atoms with E-state index >= 15 is 0 Å². The van der Waals surface area contributed by atoms with Crippen LogP contribution in [-0.4, -0.2) is 39.5 Å². The van der Waals surface area contributed by atoms with Gasteiger partial charge in [0.15, 0.2) is 0 Å². The van der Waals surface area contributed by atoms with Gasteiger partial charge in [-0.25, -0.2) is 5.14 Å². The maximum Gasteiger partial charge on any atom is 0.333 e. The standard InChI is InChI=1S/C10H15NO3S.2CH4O/c1-9-5-2-3-6-10(9)7-4-8-14-15(11,12)13;2*1-2/h2-3,5-6H,4,7-8H2,1H3,(H2,11,12,13);2*2H,1H3. The molecule has 0 amide bonds. The van der Waals surface area contributed by atoms with E-state index in [-0.39, 0.29) is 6.61 Å². The number of aliphatic hydroxyl groups is 2. The van der Waals surface area contributed by atoms with E-state index in [2.05, 4.69) is 4.18 Å². The van der Waals surface area contributed by atoms with Crippen LogP contribution in [0.3, 0.4) is 0 Å². The fourth-order valence-corrected chi connectivity index (χ4v) is 1.68. The molecule has 0 aromatic heterocycles. The van der Waals surface area contributed by atoms with E-state index in [1.54, 1.807) is 0 Å². The summed E-state index contributed by atoms with van der Waals surface area (Å²) in [5.74, 6) is 0. The molecule has 1 rings (SSSR count). The maximum atomic E-state index is 10.5. The molecule has 0 spiro atoms. The lowest BCUT2D eigenvalue weighted by molar-refractivity contribution is 0.313. The van der Waals surface area contributed by atoms with Crippen LogP contribution >= 0.6 is 0 Å². The summed E-state index contributed by atoms with van der Waals surface area (Å²) in [7, 11) is -1.79. The van der Waals surface area contributed by atoms with E-state index in [9.17, 15) is 8.42 Å². The summed E-state index contributed by atoms with van der Waals surface area (Å²) >= 11 is 0. The lowest BCUT2D eigenvalue weighted by Crippen LogP contribution is -2.16. The Balaban J connectivity index is 0. The van der Waals surface area contributed by atoms with E-state index in [4.69, 9.17) is 15.4 Å². The zero-order chi connectivity index (χ0) is 15.3. The molecule has 0 unspecified atom stereocenters. The summed E-state index contributed by atoms with van der Waals surface area (Å²) in [6.07, 6.45) is 1.43. The molecular formula is C12H23NO5S. The quantitative estimate of drug-likeness (QED) is 0.679. The largest absolute Gasteiger partial charge is 0.400 e. The van der Waals surface area contributed by atoms with Crippen LogP contribution in [0, 0.1) is 6.92 Å². The molecule has 0 bridgehead atoms. The highest BCUT2D eigenvalue weighted by Crippen LogP contribution is 2.09. The monoisotopic (exact) mass is 293 g/mol. The molecule has 0 heterocycles. The SMILES string of the molecule is CO.CO.Cc1ccccc1CCCOS(N)(=O)=O. The Morgan fingerprint density at radius 3 is 2.16 bits per heavy atom. The average Bonchev–Trinajstić information content (AvgIpc) is 2.40. The zero-order valence-corrected chi connectivity index (χ0v) is 12.4. The molecule has 0 fully saturated rings. The molecule has 19 heavy (non-hydrogen) atoms. The minimum Gasteiger partial charge on any atom is -0.400 e. The Kier molecular flexibility index (Phi) is 12.9. The van der Waals surface area contributed by atoms with Gasteiger partial charge >= 0.3 is 10.3 Å². The first kappa shape index (κ1) is 20.3. The van der Waals surface area contributed by atoms with Crippen molar-refractivity contribution < 1.29 is 22.8 Å². The van der Waals surface area contributed by atoms with E-state index < -0.39 is 10.3 Å². The summed E-state index contributed by atoms with van der Waals surface area (Å²) < 4.78 is 25.4. The van der Waals surface area contributed by atoms with Gasteiger partial charge in [0.25, 0.3) is 0 Å². The topological polar surface area (TPSA) is 110 Å². The summed E-state index contributed by atoms with van der Waals surface area (Å²) in [5.41, 5.74) is 2.41. The summed E-state index contributed by atoms with van der Waals surface area (Å²) in [5, 5.41) is 18.7. The van der Waals surface area contributed by atoms with Crippen LogP contribution in [-0.2, 0) is 20.9 Å². The van der Waals surface area contributed by atoms with Crippen molar-refractivity contribution in [2.75, 3.05) is 20.8 Å². The van der Waals surface area contributed by atoms with E-state index in [0.29, 0.717) is 6.42 Å². The van der Waals surface area contributed by atoms with Gasteiger partial charge in [-0.3, -0.25) is 4.18 Å². The van der Waals surface area contributed by atoms with Crippen LogP contribution in [0.2, 0.25) is 0 Å². The molecule has 1 aromatic carbocycles. The second-order valence-electron chi connectivity index (χ2n) is 3.34. The number of rotatable bonds is 5. The second-order valence-corrected chi connectivity index (χ2v) is 4.57. The highest BCUT2D eigenvalue weighted by Gasteiger charge is 2.02. The fraction of sp³-hybridized carbons (Fsp3) is 0.500. The molecule has 7 heteroatoms. The van der Waals surface area contributed by atoms with Crippen LogP contribution in [0.5, 0.6) is 0 Å². The smallest absolute Gasteiger partial charge is 0.333 e. The fourth-order valence-electron chi connectivity index (χ4n) is 1.33. The summed E-state index contributed by atoms with van der Waals surface area (Å²) in [6.45, 7) is 2.16. The Hall–Kier alpha value is -0.990. The van der Waals surface area contributed by atoms with E-state index in [1.807, 2.05) is 31.2 Å². The van der Waals surface area contributed by atoms with Gasteiger partial charge in [0, 0.05) is 14.2 Å². The molecule has 4 N–H and O–H groups in total. The predicted octanol–water partition coefficient (Wildman–Crippen LogP) is 0.365. The molecule has 6 nitrogen and oxygen atoms in total. The van der Waals surface area contributed by atoms with Crippen molar-refractivity contribution in [1.29, 1.82) is 0 Å². The third-order valence-electron chi connectivity index (χ3n) is 2.10. The Morgan fingerprint density at radius 1 is 1.16 bits per heavy atom. The predicted molar refractivity (Wildman–Crippen MR) is 74.8 cm³/mol. The lowest BCUT2D eigenvalue weighted by Gasteiger charge is -2.04. The minimum absolute atomic E-state index is 0.132. The van der Waals surface area contributed by atoms with Crippen molar-refractivity contribution in [3.63, 3.8) is 0 Å². The van der Waals surface area contributed by atoms with Crippen molar-refractivity contribution in [1.82, 2.24) is 0 Å². The number of aliphatic hydroxyl groups excluding tert-OH is 2. The van der Waals surface area contributed by atoms with E-state index in [0.717, 1.165) is 20.6 Å². The van der Waals surface area contributed by atoms with Crippen molar-refractivity contribution in [2.24, 2.45) is 5.14 Å².